The van der Waals surface area contributed by atoms with E-state index in [1.807, 2.05) is 0 Å². The van der Waals surface area contributed by atoms with Crippen molar-refractivity contribution in [3.05, 3.63) is 0 Å². The van der Waals surface area contributed by atoms with Crippen LogP contribution in [0.15, 0.2) is 0 Å². The summed E-state index contributed by atoms with van der Waals surface area (Å²) in [7, 11) is 3.25. The molecule has 52 valence electrons. The van der Waals surface area contributed by atoms with E-state index < -0.39 is 0 Å². The molecule has 0 amide bonds. The van der Waals surface area contributed by atoms with Crippen molar-refractivity contribution in [2.24, 2.45) is 0 Å². The summed E-state index contributed by atoms with van der Waals surface area (Å²) in [4.78, 5) is 0. The van der Waals surface area contributed by atoms with E-state index in [1.165, 1.54) is 0 Å². The minimum absolute atomic E-state index is 0.344. The highest BCUT2D eigenvalue weighted by Gasteiger charge is 1.69. The maximum absolute atomic E-state index is 8.07. The Hall–Kier alpha value is -0.0800. The number of unbranched alkanes of at least 4 members (excludes halogenated alkanes) is 1. The van der Waals surface area contributed by atoms with Crippen molar-refractivity contribution < 1.29 is 9.84 Å². The van der Waals surface area contributed by atoms with Crippen molar-refractivity contribution in [3.8, 4) is 0 Å². The molecule has 0 aliphatic heterocycles. The van der Waals surface area contributed by atoms with Crippen LogP contribution in [-0.2, 0) is 4.74 Å². The molecular formula is C6H16O2. The quantitative estimate of drug-likeness (QED) is 0.590. The van der Waals surface area contributed by atoms with Gasteiger partial charge in [0.05, 0.1) is 0 Å². The fraction of sp³-hybridized carbons (Fsp3) is 1.00. The second-order valence-electron chi connectivity index (χ2n) is 1.49. The molecule has 0 fully saturated rings. The summed E-state index contributed by atoms with van der Waals surface area (Å²) in [6.07, 6.45) is 2.04. The number of ether oxygens (including phenoxy) is 1. The molecule has 0 radical (unpaired) electrons. The molecule has 0 saturated carbocycles. The molecule has 0 unspecified atom stereocenters. The molecule has 0 spiro atoms. The number of aliphatic hydroxyl groups excluding tert-OH is 1. The van der Waals surface area contributed by atoms with Crippen LogP contribution in [0, 0.1) is 0 Å². The van der Waals surface area contributed by atoms with Gasteiger partial charge in [-0.15, -0.1) is 0 Å². The third-order valence-corrected chi connectivity index (χ3v) is 0.512. The monoisotopic (exact) mass is 120 g/mol. The van der Waals surface area contributed by atoms with E-state index in [-0.39, 0.29) is 0 Å². The Labute approximate surface area is 51.5 Å². The molecule has 0 heterocycles. The molecule has 0 rings (SSSR count). The predicted molar refractivity (Wildman–Crippen MR) is 34.9 cm³/mol. The Morgan fingerprint density at radius 3 is 1.75 bits per heavy atom. The standard InChI is InChI=1S/C4H10O.C2H6O/c1-2-3-4-5;1-3-2/h5H,2-4H2,1H3;1-2H3. The normalized spacial score (nSPS) is 7.50. The van der Waals surface area contributed by atoms with Crippen LogP contribution in [0.1, 0.15) is 19.8 Å². The SMILES string of the molecule is CCCCO.COC. The Morgan fingerprint density at radius 1 is 1.38 bits per heavy atom. The lowest BCUT2D eigenvalue weighted by molar-refractivity contribution is 0.277. The molecule has 0 aromatic rings. The summed E-state index contributed by atoms with van der Waals surface area (Å²) in [5.74, 6) is 0. The highest BCUT2D eigenvalue weighted by atomic mass is 16.4. The number of rotatable bonds is 2. The maximum atomic E-state index is 8.07. The molecule has 0 aromatic heterocycles. The topological polar surface area (TPSA) is 29.5 Å². The minimum atomic E-state index is 0.344. The van der Waals surface area contributed by atoms with Crippen LogP contribution in [0.5, 0.6) is 0 Å². The van der Waals surface area contributed by atoms with Gasteiger partial charge >= 0.3 is 0 Å². The number of aliphatic hydroxyl groups is 1. The molecular weight excluding hydrogens is 104 g/mol. The van der Waals surface area contributed by atoms with Crippen LogP contribution in [-0.4, -0.2) is 25.9 Å². The average Bonchev–Trinajstić information content (AvgIpc) is 1.71. The zero-order valence-corrected chi connectivity index (χ0v) is 5.98. The van der Waals surface area contributed by atoms with Gasteiger partial charge in [0, 0.05) is 20.8 Å². The second-order valence-corrected chi connectivity index (χ2v) is 1.49. The van der Waals surface area contributed by atoms with Gasteiger partial charge < -0.3 is 9.84 Å². The largest absolute Gasteiger partial charge is 0.396 e. The fourth-order valence-electron chi connectivity index (χ4n) is 0.158. The molecule has 0 aliphatic rings. The molecule has 2 nitrogen and oxygen atoms in total. The Kier molecular flexibility index (Phi) is 21.3. The third kappa shape index (κ3) is 38.9. The van der Waals surface area contributed by atoms with Gasteiger partial charge in [-0.1, -0.05) is 13.3 Å². The predicted octanol–water partition coefficient (Wildman–Crippen LogP) is 1.04. The Morgan fingerprint density at radius 2 is 1.75 bits per heavy atom. The first-order valence-corrected chi connectivity index (χ1v) is 2.84. The summed E-state index contributed by atoms with van der Waals surface area (Å²) >= 11 is 0. The summed E-state index contributed by atoms with van der Waals surface area (Å²) < 4.78 is 4.25. The lowest BCUT2D eigenvalue weighted by atomic mass is 10.4. The number of hydrogen-bond donors (Lipinski definition) is 1. The van der Waals surface area contributed by atoms with Gasteiger partial charge in [0.25, 0.3) is 0 Å². The Balaban J connectivity index is 0. The summed E-state index contributed by atoms with van der Waals surface area (Å²) in [5, 5.41) is 8.07. The Bertz CT molecular complexity index is 20.5. The second kappa shape index (κ2) is 15.8. The van der Waals surface area contributed by atoms with Crippen molar-refractivity contribution in [3.63, 3.8) is 0 Å². The summed E-state index contributed by atoms with van der Waals surface area (Å²) in [6.45, 7) is 2.40. The molecule has 0 aromatic carbocycles. The van der Waals surface area contributed by atoms with Gasteiger partial charge in [-0.3, -0.25) is 0 Å². The fourth-order valence-corrected chi connectivity index (χ4v) is 0.158. The molecule has 0 aliphatic carbocycles. The first-order valence-electron chi connectivity index (χ1n) is 2.84. The molecule has 0 bridgehead atoms. The molecule has 2 heteroatoms. The van der Waals surface area contributed by atoms with E-state index in [1.54, 1.807) is 14.2 Å². The molecule has 1 N–H and O–H groups in total. The van der Waals surface area contributed by atoms with E-state index in [0.29, 0.717) is 6.61 Å². The summed E-state index contributed by atoms with van der Waals surface area (Å²) in [5.41, 5.74) is 0. The molecule has 8 heavy (non-hydrogen) atoms. The zero-order valence-electron chi connectivity index (χ0n) is 5.98. The molecule has 0 saturated heterocycles. The summed E-state index contributed by atoms with van der Waals surface area (Å²) in [6, 6.07) is 0. The first-order chi connectivity index (χ1) is 3.83. The average molecular weight is 120 g/mol. The van der Waals surface area contributed by atoms with Gasteiger partial charge in [-0.05, 0) is 6.42 Å². The van der Waals surface area contributed by atoms with Gasteiger partial charge in [-0.2, -0.15) is 0 Å². The van der Waals surface area contributed by atoms with Crippen LogP contribution in [0.25, 0.3) is 0 Å². The van der Waals surface area contributed by atoms with Crippen LogP contribution < -0.4 is 0 Å². The maximum Gasteiger partial charge on any atom is 0.0430 e. The first kappa shape index (κ1) is 10.8. The van der Waals surface area contributed by atoms with Gasteiger partial charge in [0.15, 0.2) is 0 Å². The van der Waals surface area contributed by atoms with E-state index in [2.05, 4.69) is 11.7 Å². The van der Waals surface area contributed by atoms with Gasteiger partial charge in [-0.25, -0.2) is 0 Å². The number of hydrogen-bond acceptors (Lipinski definition) is 2. The van der Waals surface area contributed by atoms with E-state index in [9.17, 15) is 0 Å². The molecule has 0 atom stereocenters. The van der Waals surface area contributed by atoms with Crippen molar-refractivity contribution in [2.75, 3.05) is 20.8 Å². The van der Waals surface area contributed by atoms with E-state index >= 15 is 0 Å². The lowest BCUT2D eigenvalue weighted by Crippen LogP contribution is -1.75. The van der Waals surface area contributed by atoms with Crippen LogP contribution in [0.2, 0.25) is 0 Å². The van der Waals surface area contributed by atoms with E-state index in [0.717, 1.165) is 12.8 Å². The van der Waals surface area contributed by atoms with Crippen molar-refractivity contribution in [1.29, 1.82) is 0 Å². The highest BCUT2D eigenvalue weighted by Crippen LogP contribution is 1.78. The van der Waals surface area contributed by atoms with Crippen LogP contribution in [0.3, 0.4) is 0 Å². The van der Waals surface area contributed by atoms with Crippen LogP contribution >= 0.6 is 0 Å². The smallest absolute Gasteiger partial charge is 0.0430 e. The highest BCUT2D eigenvalue weighted by molar-refractivity contribution is 4.23. The van der Waals surface area contributed by atoms with Gasteiger partial charge in [0.2, 0.25) is 0 Å². The van der Waals surface area contributed by atoms with E-state index in [4.69, 9.17) is 5.11 Å². The third-order valence-electron chi connectivity index (χ3n) is 0.512. The van der Waals surface area contributed by atoms with Crippen LogP contribution in [0.4, 0.5) is 0 Å². The lowest BCUT2D eigenvalue weighted by Gasteiger charge is -1.79. The number of methoxy groups -OCH3 is 1. The van der Waals surface area contributed by atoms with Crippen molar-refractivity contribution in [1.82, 2.24) is 0 Å². The van der Waals surface area contributed by atoms with Crippen molar-refractivity contribution >= 4 is 0 Å². The minimum Gasteiger partial charge on any atom is -0.396 e. The van der Waals surface area contributed by atoms with Gasteiger partial charge in [0.1, 0.15) is 0 Å². The zero-order chi connectivity index (χ0) is 6.83. The van der Waals surface area contributed by atoms with Crippen molar-refractivity contribution in [2.45, 2.75) is 19.8 Å².